The highest BCUT2D eigenvalue weighted by molar-refractivity contribution is 5.98. The molecule has 3 rings (SSSR count). The van der Waals surface area contributed by atoms with Crippen LogP contribution in [0.4, 0.5) is 0 Å². The highest BCUT2D eigenvalue weighted by Crippen LogP contribution is 2.16. The first-order chi connectivity index (χ1) is 15.5. The molecule has 1 heterocycles. The molecule has 0 aliphatic carbocycles. The Balaban J connectivity index is 1.36. The molecule has 1 aliphatic heterocycles. The van der Waals surface area contributed by atoms with Crippen molar-refractivity contribution in [3.63, 3.8) is 0 Å². The van der Waals surface area contributed by atoms with Gasteiger partial charge in [0.2, 0.25) is 0 Å². The first kappa shape index (κ1) is 23.3. The number of carbonyl (C=O) groups is 3. The van der Waals surface area contributed by atoms with Crippen LogP contribution in [0.3, 0.4) is 0 Å². The molecule has 1 fully saturated rings. The lowest BCUT2D eigenvalue weighted by Gasteiger charge is -2.34. The Labute approximate surface area is 188 Å². The molecule has 0 bridgehead atoms. The number of nitrogens with zero attached hydrogens (tertiary/aromatic N) is 2. The van der Waals surface area contributed by atoms with Crippen LogP contribution in [-0.2, 0) is 20.9 Å². The molecule has 2 aromatic rings. The zero-order valence-electron chi connectivity index (χ0n) is 18.5. The quantitative estimate of drug-likeness (QED) is 0.629. The van der Waals surface area contributed by atoms with E-state index in [0.29, 0.717) is 24.4 Å². The number of piperazine rings is 1. The zero-order valence-corrected chi connectivity index (χ0v) is 18.5. The molecule has 170 valence electrons. The fourth-order valence-corrected chi connectivity index (χ4v) is 3.59. The topological polar surface area (TPSA) is 88.2 Å². The molecule has 32 heavy (non-hydrogen) atoms. The summed E-state index contributed by atoms with van der Waals surface area (Å²) in [5.41, 5.74) is 2.81. The van der Waals surface area contributed by atoms with E-state index in [1.807, 2.05) is 0 Å². The molecule has 2 amide bonds. The SMILES string of the molecule is COc1ccccc1C(=O)NCC(=O)OCC(=O)N1CCN(Cc2cccc(C)c2)CC1. The fraction of sp³-hybridized carbons (Fsp3) is 0.375. The van der Waals surface area contributed by atoms with Gasteiger partial charge in [-0.05, 0) is 24.6 Å². The van der Waals surface area contributed by atoms with Gasteiger partial charge < -0.3 is 19.7 Å². The van der Waals surface area contributed by atoms with Gasteiger partial charge in [-0.15, -0.1) is 0 Å². The third-order valence-electron chi connectivity index (χ3n) is 5.32. The van der Waals surface area contributed by atoms with E-state index in [1.165, 1.54) is 18.2 Å². The van der Waals surface area contributed by atoms with Gasteiger partial charge in [0.15, 0.2) is 6.61 Å². The summed E-state index contributed by atoms with van der Waals surface area (Å²) in [7, 11) is 1.47. The predicted molar refractivity (Wildman–Crippen MR) is 119 cm³/mol. The molecule has 8 heteroatoms. The monoisotopic (exact) mass is 439 g/mol. The summed E-state index contributed by atoms with van der Waals surface area (Å²) in [5.74, 6) is -0.935. The van der Waals surface area contributed by atoms with Crippen LogP contribution in [0.15, 0.2) is 48.5 Å². The maximum atomic E-state index is 12.4. The van der Waals surface area contributed by atoms with Crippen molar-refractivity contribution >= 4 is 17.8 Å². The Morgan fingerprint density at radius 3 is 2.47 bits per heavy atom. The molecule has 0 unspecified atom stereocenters. The summed E-state index contributed by atoms with van der Waals surface area (Å²) < 4.78 is 10.2. The van der Waals surface area contributed by atoms with Crippen molar-refractivity contribution < 1.29 is 23.9 Å². The van der Waals surface area contributed by atoms with Gasteiger partial charge in [0.05, 0.1) is 12.7 Å². The number of para-hydroxylation sites is 1. The summed E-state index contributed by atoms with van der Waals surface area (Å²) in [4.78, 5) is 40.6. The number of aryl methyl sites for hydroxylation is 1. The number of hydrogen-bond donors (Lipinski definition) is 1. The van der Waals surface area contributed by atoms with Gasteiger partial charge in [-0.3, -0.25) is 19.3 Å². The molecule has 0 atom stereocenters. The summed E-state index contributed by atoms with van der Waals surface area (Å²) in [6.45, 7) is 4.98. The van der Waals surface area contributed by atoms with Crippen molar-refractivity contribution in [1.82, 2.24) is 15.1 Å². The second kappa shape index (κ2) is 11.3. The third-order valence-corrected chi connectivity index (χ3v) is 5.32. The highest BCUT2D eigenvalue weighted by Gasteiger charge is 2.22. The largest absolute Gasteiger partial charge is 0.496 e. The Bertz CT molecular complexity index is 954. The molecular formula is C24H29N3O5. The first-order valence-electron chi connectivity index (χ1n) is 10.6. The lowest BCUT2D eigenvalue weighted by molar-refractivity contribution is -0.151. The van der Waals surface area contributed by atoms with Crippen molar-refractivity contribution in [2.24, 2.45) is 0 Å². The second-order valence-electron chi connectivity index (χ2n) is 7.69. The number of amides is 2. The van der Waals surface area contributed by atoms with Crippen LogP contribution in [0, 0.1) is 6.92 Å². The summed E-state index contributed by atoms with van der Waals surface area (Å²) >= 11 is 0. The first-order valence-corrected chi connectivity index (χ1v) is 10.6. The van der Waals surface area contributed by atoms with Crippen LogP contribution in [0.25, 0.3) is 0 Å². The van der Waals surface area contributed by atoms with E-state index >= 15 is 0 Å². The van der Waals surface area contributed by atoms with Gasteiger partial charge in [-0.25, -0.2) is 0 Å². The molecular weight excluding hydrogens is 410 g/mol. The number of rotatable bonds is 8. The van der Waals surface area contributed by atoms with Gasteiger partial charge in [-0.2, -0.15) is 0 Å². The zero-order chi connectivity index (χ0) is 22.9. The Hall–Kier alpha value is -3.39. The standard InChI is InChI=1S/C24H29N3O5/c1-18-6-5-7-19(14-18)16-26-10-12-27(13-11-26)22(28)17-32-23(29)15-25-24(30)20-8-3-4-9-21(20)31-2/h3-9,14H,10-13,15-17H2,1-2H3,(H,25,30). The molecule has 0 aromatic heterocycles. The van der Waals surface area contributed by atoms with Crippen molar-refractivity contribution in [3.05, 3.63) is 65.2 Å². The van der Waals surface area contributed by atoms with Gasteiger partial charge >= 0.3 is 5.97 Å². The fourth-order valence-electron chi connectivity index (χ4n) is 3.59. The maximum Gasteiger partial charge on any atom is 0.325 e. The van der Waals surface area contributed by atoms with Crippen molar-refractivity contribution in [2.75, 3.05) is 46.4 Å². The predicted octanol–water partition coefficient (Wildman–Crippen LogP) is 1.62. The van der Waals surface area contributed by atoms with Gasteiger partial charge in [-0.1, -0.05) is 42.0 Å². The molecule has 8 nitrogen and oxygen atoms in total. The van der Waals surface area contributed by atoms with Crippen LogP contribution in [0.2, 0.25) is 0 Å². The van der Waals surface area contributed by atoms with E-state index in [9.17, 15) is 14.4 Å². The van der Waals surface area contributed by atoms with Crippen molar-refractivity contribution in [1.29, 1.82) is 0 Å². The molecule has 0 saturated carbocycles. The van der Waals surface area contributed by atoms with Crippen molar-refractivity contribution in [3.8, 4) is 5.75 Å². The lowest BCUT2D eigenvalue weighted by atomic mass is 10.1. The van der Waals surface area contributed by atoms with Crippen LogP contribution in [-0.4, -0.2) is 74.0 Å². The number of hydrogen-bond acceptors (Lipinski definition) is 6. The number of carbonyl (C=O) groups excluding carboxylic acids is 3. The van der Waals surface area contributed by atoms with Crippen molar-refractivity contribution in [2.45, 2.75) is 13.5 Å². The summed E-state index contributed by atoms with van der Waals surface area (Å²) in [6.07, 6.45) is 0. The minimum absolute atomic E-state index is 0.232. The van der Waals surface area contributed by atoms with Crippen LogP contribution in [0.5, 0.6) is 5.75 Å². The van der Waals surface area contributed by atoms with Gasteiger partial charge in [0.1, 0.15) is 12.3 Å². The molecule has 1 N–H and O–H groups in total. The minimum Gasteiger partial charge on any atom is -0.496 e. The average molecular weight is 440 g/mol. The molecule has 0 spiro atoms. The van der Waals surface area contributed by atoms with Gasteiger partial charge in [0.25, 0.3) is 11.8 Å². The highest BCUT2D eigenvalue weighted by atomic mass is 16.5. The Morgan fingerprint density at radius 1 is 1.00 bits per heavy atom. The molecule has 2 aromatic carbocycles. The second-order valence-corrected chi connectivity index (χ2v) is 7.69. The Morgan fingerprint density at radius 2 is 1.75 bits per heavy atom. The maximum absolute atomic E-state index is 12.4. The number of esters is 1. The van der Waals surface area contributed by atoms with E-state index in [4.69, 9.17) is 9.47 Å². The Kier molecular flexibility index (Phi) is 8.21. The van der Waals surface area contributed by atoms with E-state index in [0.717, 1.165) is 19.6 Å². The van der Waals surface area contributed by atoms with Crippen LogP contribution < -0.4 is 10.1 Å². The van der Waals surface area contributed by atoms with E-state index < -0.39 is 11.9 Å². The lowest BCUT2D eigenvalue weighted by Crippen LogP contribution is -2.49. The minimum atomic E-state index is -0.667. The molecule has 1 saturated heterocycles. The van der Waals surface area contributed by atoms with E-state index in [-0.39, 0.29) is 19.1 Å². The van der Waals surface area contributed by atoms with Crippen LogP contribution >= 0.6 is 0 Å². The number of benzene rings is 2. The van der Waals surface area contributed by atoms with E-state index in [1.54, 1.807) is 29.2 Å². The average Bonchev–Trinajstić information content (AvgIpc) is 2.81. The summed E-state index contributed by atoms with van der Waals surface area (Å²) in [5, 5.41) is 2.48. The number of ether oxygens (including phenoxy) is 2. The van der Waals surface area contributed by atoms with E-state index in [2.05, 4.69) is 41.4 Å². The van der Waals surface area contributed by atoms with Gasteiger partial charge in [0, 0.05) is 32.7 Å². The third kappa shape index (κ3) is 6.55. The molecule has 1 aliphatic rings. The van der Waals surface area contributed by atoms with Crippen LogP contribution in [0.1, 0.15) is 21.5 Å². The summed E-state index contributed by atoms with van der Waals surface area (Å²) in [6, 6.07) is 15.1. The normalized spacial score (nSPS) is 14.0. The molecule has 0 radical (unpaired) electrons. The number of nitrogens with one attached hydrogen (secondary N) is 1. The smallest absolute Gasteiger partial charge is 0.325 e. The number of methoxy groups -OCH3 is 1.